The predicted molar refractivity (Wildman–Crippen MR) is 139 cm³/mol. The minimum Gasteiger partial charge on any atom is -0.444 e. The summed E-state index contributed by atoms with van der Waals surface area (Å²) in [6, 6.07) is 7.96. The molecule has 7 heteroatoms. The molecule has 0 aliphatic carbocycles. The van der Waals surface area contributed by atoms with Gasteiger partial charge in [-0.25, -0.2) is 4.79 Å². The van der Waals surface area contributed by atoms with Crippen molar-refractivity contribution < 1.29 is 19.1 Å². The molecule has 1 rings (SSSR count). The van der Waals surface area contributed by atoms with E-state index in [0.29, 0.717) is 18.5 Å². The molecule has 0 aliphatic heterocycles. The topological polar surface area (TPSA) is 87.7 Å². The highest BCUT2D eigenvalue weighted by atomic mass is 16.6. The van der Waals surface area contributed by atoms with Crippen LogP contribution in [0.4, 0.5) is 4.79 Å². The van der Waals surface area contributed by atoms with Crippen LogP contribution < -0.4 is 10.6 Å². The van der Waals surface area contributed by atoms with Gasteiger partial charge < -0.3 is 15.4 Å². The van der Waals surface area contributed by atoms with Crippen LogP contribution in [0.15, 0.2) is 24.3 Å². The summed E-state index contributed by atoms with van der Waals surface area (Å²) in [7, 11) is 0. The van der Waals surface area contributed by atoms with Gasteiger partial charge in [-0.05, 0) is 50.7 Å². The highest BCUT2D eigenvalue weighted by molar-refractivity contribution is 5.93. The molecule has 3 unspecified atom stereocenters. The lowest BCUT2D eigenvalue weighted by molar-refractivity contribution is -0.139. The maximum Gasteiger partial charge on any atom is 0.408 e. The van der Waals surface area contributed by atoms with Crippen LogP contribution in [0.5, 0.6) is 0 Å². The molecule has 0 bridgehead atoms. The average Bonchev–Trinajstić information content (AvgIpc) is 2.81. The summed E-state index contributed by atoms with van der Waals surface area (Å²) in [6.07, 6.45) is 9.44. The monoisotopic (exact) mass is 485 g/mol. The minimum atomic E-state index is -1.02. The van der Waals surface area contributed by atoms with Crippen LogP contribution in [0, 0.1) is 18.4 Å². The lowest BCUT2D eigenvalue weighted by Gasteiger charge is -2.32. The number of ether oxygens (including phenoxy) is 1. The van der Waals surface area contributed by atoms with Gasteiger partial charge in [0.1, 0.15) is 17.7 Å². The molecule has 3 atom stereocenters. The third kappa shape index (κ3) is 9.64. The summed E-state index contributed by atoms with van der Waals surface area (Å²) in [5.74, 6) is -1.11. The SMILES string of the molecule is C#CN(C(=O)C(NC(=O)OC(C)(C)C)C(C)CC)C(C(=O)NCCCCC)c1ccc(CC)cc1. The van der Waals surface area contributed by atoms with E-state index < -0.39 is 29.7 Å². The van der Waals surface area contributed by atoms with Crippen molar-refractivity contribution in [3.8, 4) is 12.5 Å². The van der Waals surface area contributed by atoms with Crippen LogP contribution in [-0.4, -0.2) is 41.0 Å². The number of aryl methyl sites for hydroxylation is 1. The van der Waals surface area contributed by atoms with Gasteiger partial charge in [0.25, 0.3) is 5.91 Å². The molecule has 0 aliphatic rings. The smallest absolute Gasteiger partial charge is 0.408 e. The standard InChI is InChI=1S/C28H43N3O4/c1-9-13-14-19-29-25(32)24(22-17-15-21(11-3)16-18-22)31(12-4)26(33)23(20(5)10-2)30-27(34)35-28(6,7)8/h4,15-18,20,23-24H,9-11,13-14,19H2,1-3,5-8H3,(H,29,32)(H,30,34). The van der Waals surface area contributed by atoms with Crippen molar-refractivity contribution in [3.05, 3.63) is 35.4 Å². The summed E-state index contributed by atoms with van der Waals surface area (Å²) < 4.78 is 5.37. The van der Waals surface area contributed by atoms with Gasteiger partial charge in [0.15, 0.2) is 0 Å². The first-order valence-electron chi connectivity index (χ1n) is 12.6. The molecule has 0 spiro atoms. The van der Waals surface area contributed by atoms with Crippen molar-refractivity contribution in [3.63, 3.8) is 0 Å². The predicted octanol–water partition coefficient (Wildman–Crippen LogP) is 4.96. The summed E-state index contributed by atoms with van der Waals surface area (Å²) in [4.78, 5) is 40.7. The highest BCUT2D eigenvalue weighted by Crippen LogP contribution is 2.24. The van der Waals surface area contributed by atoms with E-state index in [4.69, 9.17) is 11.2 Å². The summed E-state index contributed by atoms with van der Waals surface area (Å²) in [6.45, 7) is 13.6. The first-order chi connectivity index (χ1) is 16.5. The summed E-state index contributed by atoms with van der Waals surface area (Å²) in [5.41, 5.74) is 1.00. The van der Waals surface area contributed by atoms with Gasteiger partial charge in [0.05, 0.1) is 0 Å². The molecule has 194 valence electrons. The molecule has 2 N–H and O–H groups in total. The molecule has 3 amide bonds. The van der Waals surface area contributed by atoms with Crippen LogP contribution in [-0.2, 0) is 20.7 Å². The second-order valence-corrected chi connectivity index (χ2v) is 9.84. The Bertz CT molecular complexity index is 868. The number of unbranched alkanes of at least 4 members (excludes halogenated alkanes) is 2. The maximum atomic E-state index is 13.7. The number of alkyl carbamates (subject to hydrolysis) is 1. The van der Waals surface area contributed by atoms with Gasteiger partial charge >= 0.3 is 6.09 Å². The van der Waals surface area contributed by atoms with Crippen LogP contribution in [0.2, 0.25) is 0 Å². The van der Waals surface area contributed by atoms with E-state index in [1.165, 1.54) is 0 Å². The van der Waals surface area contributed by atoms with Gasteiger partial charge in [0, 0.05) is 12.6 Å². The molecule has 0 radical (unpaired) electrons. The second kappa shape index (κ2) is 14.4. The molecule has 1 aromatic rings. The quantitative estimate of drug-likeness (QED) is 0.249. The lowest BCUT2D eigenvalue weighted by atomic mass is 9.95. The number of nitrogens with one attached hydrogen (secondary N) is 2. The molecule has 35 heavy (non-hydrogen) atoms. The van der Waals surface area contributed by atoms with Gasteiger partial charge in [-0.3, -0.25) is 14.5 Å². The van der Waals surface area contributed by atoms with Gasteiger partial charge in [-0.2, -0.15) is 0 Å². The van der Waals surface area contributed by atoms with E-state index in [9.17, 15) is 14.4 Å². The maximum absolute atomic E-state index is 13.7. The Hall–Kier alpha value is -3.01. The van der Waals surface area contributed by atoms with Crippen molar-refractivity contribution in [1.82, 2.24) is 15.5 Å². The van der Waals surface area contributed by atoms with E-state index >= 15 is 0 Å². The highest BCUT2D eigenvalue weighted by Gasteiger charge is 2.37. The fourth-order valence-corrected chi connectivity index (χ4v) is 3.57. The Labute approximate surface area is 211 Å². The van der Waals surface area contributed by atoms with Crippen LogP contribution in [0.25, 0.3) is 0 Å². The van der Waals surface area contributed by atoms with Crippen molar-refractivity contribution in [1.29, 1.82) is 0 Å². The molecular formula is C28H43N3O4. The van der Waals surface area contributed by atoms with Crippen molar-refractivity contribution in [2.24, 2.45) is 5.92 Å². The van der Waals surface area contributed by atoms with Gasteiger partial charge in [-0.15, -0.1) is 0 Å². The van der Waals surface area contributed by atoms with Crippen molar-refractivity contribution >= 4 is 17.9 Å². The van der Waals surface area contributed by atoms with Crippen LogP contribution >= 0.6 is 0 Å². The molecule has 1 aromatic carbocycles. The molecular weight excluding hydrogens is 442 g/mol. The number of hydrogen-bond acceptors (Lipinski definition) is 4. The van der Waals surface area contributed by atoms with Crippen molar-refractivity contribution in [2.75, 3.05) is 6.54 Å². The van der Waals surface area contributed by atoms with E-state index in [0.717, 1.165) is 36.1 Å². The van der Waals surface area contributed by atoms with Crippen LogP contribution in [0.3, 0.4) is 0 Å². The fraction of sp³-hybridized carbons (Fsp3) is 0.607. The fourth-order valence-electron chi connectivity index (χ4n) is 3.57. The largest absolute Gasteiger partial charge is 0.444 e. The number of rotatable bonds is 12. The molecule has 0 aromatic heterocycles. The van der Waals surface area contributed by atoms with Crippen molar-refractivity contribution in [2.45, 2.75) is 98.3 Å². The molecule has 7 nitrogen and oxygen atoms in total. The number of carbonyl (C=O) groups excluding carboxylic acids is 3. The Morgan fingerprint density at radius 3 is 2.20 bits per heavy atom. The van der Waals surface area contributed by atoms with E-state index in [-0.39, 0.29) is 11.8 Å². The first-order valence-corrected chi connectivity index (χ1v) is 12.6. The summed E-state index contributed by atoms with van der Waals surface area (Å²) >= 11 is 0. The second-order valence-electron chi connectivity index (χ2n) is 9.84. The minimum absolute atomic E-state index is 0.235. The zero-order valence-corrected chi connectivity index (χ0v) is 22.4. The lowest BCUT2D eigenvalue weighted by Crippen LogP contribution is -2.54. The average molecular weight is 486 g/mol. The molecule has 0 saturated carbocycles. The zero-order chi connectivity index (χ0) is 26.6. The number of nitrogens with zero attached hydrogens (tertiary/aromatic N) is 1. The summed E-state index contributed by atoms with van der Waals surface area (Å²) in [5, 5.41) is 5.61. The number of amides is 3. The Kier molecular flexibility index (Phi) is 12.4. The zero-order valence-electron chi connectivity index (χ0n) is 22.4. The van der Waals surface area contributed by atoms with Crippen LogP contribution in [0.1, 0.15) is 91.3 Å². The normalized spacial score (nSPS) is 13.7. The number of terminal acetylenes is 1. The van der Waals surface area contributed by atoms with Gasteiger partial charge in [0.2, 0.25) is 5.91 Å². The third-order valence-corrected chi connectivity index (χ3v) is 5.82. The molecule has 0 fully saturated rings. The van der Waals surface area contributed by atoms with Gasteiger partial charge in [-0.1, -0.05) is 77.6 Å². The number of hydrogen-bond donors (Lipinski definition) is 2. The Morgan fingerprint density at radius 2 is 1.71 bits per heavy atom. The third-order valence-electron chi connectivity index (χ3n) is 5.82. The first kappa shape index (κ1) is 30.0. The molecule has 0 heterocycles. The van der Waals surface area contributed by atoms with E-state index in [2.05, 4.69) is 23.6 Å². The molecule has 0 saturated heterocycles. The Morgan fingerprint density at radius 1 is 1.09 bits per heavy atom. The Balaban J connectivity index is 3.33. The van der Waals surface area contributed by atoms with E-state index in [1.54, 1.807) is 20.8 Å². The van der Waals surface area contributed by atoms with E-state index in [1.807, 2.05) is 45.0 Å². The number of benzene rings is 1. The number of carbonyl (C=O) groups is 3.